The Balaban J connectivity index is 2.19. The van der Waals surface area contributed by atoms with Crippen molar-refractivity contribution in [3.8, 4) is 0 Å². The lowest BCUT2D eigenvalue weighted by Gasteiger charge is -2.14. The molecule has 0 bridgehead atoms. The van der Waals surface area contributed by atoms with E-state index in [2.05, 4.69) is 26.2 Å². The topological polar surface area (TPSA) is 42.0 Å². The molecular weight excluding hydrogens is 343 g/mol. The van der Waals surface area contributed by atoms with E-state index >= 15 is 0 Å². The summed E-state index contributed by atoms with van der Waals surface area (Å²) in [6.07, 6.45) is 0. The van der Waals surface area contributed by atoms with Gasteiger partial charge in [0.2, 0.25) is 0 Å². The fraction of sp³-hybridized carbons (Fsp3) is 0.286. The average molecular weight is 357 g/mol. The molecule has 1 N–H and O–H groups in total. The molecule has 0 spiro atoms. The predicted octanol–water partition coefficient (Wildman–Crippen LogP) is 4.15. The van der Waals surface area contributed by atoms with Crippen LogP contribution in [0.3, 0.4) is 0 Å². The maximum atomic E-state index is 13.4. The van der Waals surface area contributed by atoms with Crippen molar-refractivity contribution in [3.05, 3.63) is 49.6 Å². The highest BCUT2D eigenvalue weighted by Crippen LogP contribution is 2.26. The molecule has 0 aliphatic rings. The maximum Gasteiger partial charge on any atom is 0.253 e. The molecule has 20 heavy (non-hydrogen) atoms. The van der Waals surface area contributed by atoms with E-state index in [1.54, 1.807) is 17.4 Å². The van der Waals surface area contributed by atoms with Gasteiger partial charge in [0.05, 0.1) is 26.8 Å². The number of benzene rings is 1. The van der Waals surface area contributed by atoms with Crippen molar-refractivity contribution in [1.82, 2.24) is 10.3 Å². The van der Waals surface area contributed by atoms with Crippen molar-refractivity contribution in [1.29, 1.82) is 0 Å². The van der Waals surface area contributed by atoms with Crippen molar-refractivity contribution >= 4 is 33.2 Å². The van der Waals surface area contributed by atoms with E-state index in [1.807, 2.05) is 20.8 Å². The van der Waals surface area contributed by atoms with Gasteiger partial charge in [-0.25, -0.2) is 9.37 Å². The van der Waals surface area contributed by atoms with Crippen LogP contribution in [0.2, 0.25) is 0 Å². The van der Waals surface area contributed by atoms with Crippen LogP contribution in [0.4, 0.5) is 4.39 Å². The fourth-order valence-electron chi connectivity index (χ4n) is 1.97. The summed E-state index contributed by atoms with van der Waals surface area (Å²) in [7, 11) is 0. The van der Waals surface area contributed by atoms with Crippen molar-refractivity contribution in [2.24, 2.45) is 0 Å². The van der Waals surface area contributed by atoms with Crippen LogP contribution in [-0.2, 0) is 0 Å². The molecule has 2 aromatic rings. The smallest absolute Gasteiger partial charge is 0.253 e. The van der Waals surface area contributed by atoms with Crippen LogP contribution in [0.25, 0.3) is 0 Å². The lowest BCUT2D eigenvalue weighted by atomic mass is 10.1. The first kappa shape index (κ1) is 15.1. The second-order valence-electron chi connectivity index (χ2n) is 4.48. The molecule has 0 fully saturated rings. The molecule has 3 nitrogen and oxygen atoms in total. The minimum Gasteiger partial charge on any atom is -0.345 e. The van der Waals surface area contributed by atoms with Gasteiger partial charge in [0.15, 0.2) is 0 Å². The fourth-order valence-corrected chi connectivity index (χ4v) is 3.34. The molecule has 0 saturated heterocycles. The zero-order valence-electron chi connectivity index (χ0n) is 11.3. The average Bonchev–Trinajstić information content (AvgIpc) is 2.71. The third-order valence-corrected chi connectivity index (χ3v) is 4.94. The van der Waals surface area contributed by atoms with E-state index in [-0.39, 0.29) is 22.0 Å². The Kier molecular flexibility index (Phi) is 4.55. The van der Waals surface area contributed by atoms with Gasteiger partial charge in [-0.3, -0.25) is 4.79 Å². The van der Waals surface area contributed by atoms with E-state index in [4.69, 9.17) is 0 Å². The van der Waals surface area contributed by atoms with E-state index in [1.165, 1.54) is 12.1 Å². The van der Waals surface area contributed by atoms with Crippen LogP contribution < -0.4 is 5.32 Å². The summed E-state index contributed by atoms with van der Waals surface area (Å²) in [5, 5.41) is 3.83. The third kappa shape index (κ3) is 3.07. The highest BCUT2D eigenvalue weighted by molar-refractivity contribution is 9.10. The van der Waals surface area contributed by atoms with Crippen LogP contribution in [0.5, 0.6) is 0 Å². The summed E-state index contributed by atoms with van der Waals surface area (Å²) in [6, 6.07) is 4.24. The SMILES string of the molecule is Cc1nc(C)c(C(C)NC(=O)c2cccc(F)c2Br)s1. The molecule has 0 saturated carbocycles. The van der Waals surface area contributed by atoms with Gasteiger partial charge in [-0.1, -0.05) is 6.07 Å². The highest BCUT2D eigenvalue weighted by Gasteiger charge is 2.18. The van der Waals surface area contributed by atoms with Gasteiger partial charge < -0.3 is 5.32 Å². The molecule has 0 radical (unpaired) electrons. The van der Waals surface area contributed by atoms with Crippen molar-refractivity contribution in [2.75, 3.05) is 0 Å². The number of carbonyl (C=O) groups is 1. The van der Waals surface area contributed by atoms with Gasteiger partial charge in [0, 0.05) is 4.88 Å². The van der Waals surface area contributed by atoms with Gasteiger partial charge in [0.25, 0.3) is 5.91 Å². The summed E-state index contributed by atoms with van der Waals surface area (Å²) in [5.41, 5.74) is 1.20. The first-order chi connectivity index (χ1) is 9.40. The number of nitrogens with zero attached hydrogens (tertiary/aromatic N) is 1. The number of hydrogen-bond acceptors (Lipinski definition) is 3. The lowest BCUT2D eigenvalue weighted by Crippen LogP contribution is -2.27. The Morgan fingerprint density at radius 1 is 1.45 bits per heavy atom. The van der Waals surface area contributed by atoms with Crippen LogP contribution in [0.1, 0.15) is 38.9 Å². The molecule has 1 heterocycles. The molecule has 1 aromatic carbocycles. The number of thiazole rings is 1. The molecule has 0 aliphatic carbocycles. The second-order valence-corrected chi connectivity index (χ2v) is 6.51. The van der Waals surface area contributed by atoms with Crippen LogP contribution in [-0.4, -0.2) is 10.9 Å². The van der Waals surface area contributed by atoms with Crippen LogP contribution >= 0.6 is 27.3 Å². The Morgan fingerprint density at radius 2 is 2.15 bits per heavy atom. The maximum absolute atomic E-state index is 13.4. The standard InChI is InChI=1S/C14H14BrFN2OS/c1-7-13(20-9(3)17-7)8(2)18-14(19)10-5-4-6-11(16)12(10)15/h4-6,8H,1-3H3,(H,18,19). The van der Waals surface area contributed by atoms with Gasteiger partial charge >= 0.3 is 0 Å². The molecule has 1 unspecified atom stereocenters. The zero-order valence-corrected chi connectivity index (χ0v) is 13.7. The highest BCUT2D eigenvalue weighted by atomic mass is 79.9. The van der Waals surface area contributed by atoms with Crippen molar-refractivity contribution < 1.29 is 9.18 Å². The third-order valence-electron chi connectivity index (χ3n) is 2.88. The molecule has 0 aliphatic heterocycles. The molecule has 1 atom stereocenters. The van der Waals surface area contributed by atoms with E-state index < -0.39 is 5.82 Å². The Labute approximate surface area is 129 Å². The monoisotopic (exact) mass is 356 g/mol. The van der Waals surface area contributed by atoms with Gasteiger partial charge in [-0.2, -0.15) is 0 Å². The number of aromatic nitrogens is 1. The van der Waals surface area contributed by atoms with Gasteiger partial charge in [-0.15, -0.1) is 11.3 Å². The summed E-state index contributed by atoms with van der Waals surface area (Å²) >= 11 is 4.66. The molecule has 6 heteroatoms. The summed E-state index contributed by atoms with van der Waals surface area (Å²) in [5.74, 6) is -0.760. The van der Waals surface area contributed by atoms with E-state index in [0.29, 0.717) is 0 Å². The summed E-state index contributed by atoms with van der Waals surface area (Å²) in [4.78, 5) is 17.6. The van der Waals surface area contributed by atoms with E-state index in [9.17, 15) is 9.18 Å². The number of nitrogens with one attached hydrogen (secondary N) is 1. The van der Waals surface area contributed by atoms with Crippen molar-refractivity contribution in [2.45, 2.75) is 26.8 Å². The van der Waals surface area contributed by atoms with E-state index in [0.717, 1.165) is 15.6 Å². The largest absolute Gasteiger partial charge is 0.345 e. The first-order valence-electron chi connectivity index (χ1n) is 6.09. The van der Waals surface area contributed by atoms with Crippen molar-refractivity contribution in [3.63, 3.8) is 0 Å². The van der Waals surface area contributed by atoms with Crippen LogP contribution in [0, 0.1) is 19.7 Å². The summed E-state index contributed by atoms with van der Waals surface area (Å²) < 4.78 is 13.6. The molecule has 1 amide bonds. The Bertz CT molecular complexity index is 657. The second kappa shape index (κ2) is 6.01. The molecule has 1 aromatic heterocycles. The Morgan fingerprint density at radius 3 is 2.75 bits per heavy atom. The summed E-state index contributed by atoms with van der Waals surface area (Å²) in [6.45, 7) is 5.74. The lowest BCUT2D eigenvalue weighted by molar-refractivity contribution is 0.0939. The molecular formula is C14H14BrFN2OS. The number of amides is 1. The minimum atomic E-state index is -0.449. The quantitative estimate of drug-likeness (QED) is 0.897. The zero-order chi connectivity index (χ0) is 14.9. The normalized spacial score (nSPS) is 12.2. The number of halogens is 2. The van der Waals surface area contributed by atoms with Gasteiger partial charge in [0.1, 0.15) is 5.82 Å². The molecule has 2 rings (SSSR count). The number of carbonyl (C=O) groups excluding carboxylic acids is 1. The van der Waals surface area contributed by atoms with Crippen LogP contribution in [0.15, 0.2) is 22.7 Å². The number of aryl methyl sites for hydroxylation is 2. The first-order valence-corrected chi connectivity index (χ1v) is 7.70. The number of hydrogen-bond donors (Lipinski definition) is 1. The van der Waals surface area contributed by atoms with Gasteiger partial charge in [-0.05, 0) is 48.8 Å². The molecule has 106 valence electrons. The predicted molar refractivity (Wildman–Crippen MR) is 81.6 cm³/mol. The minimum absolute atomic E-state index is 0.163. The Hall–Kier alpha value is -1.27. The number of rotatable bonds is 3.